The largest absolute Gasteiger partial charge is 0.470 e. The predicted molar refractivity (Wildman–Crippen MR) is 40.2 cm³/mol. The molecule has 1 aromatic rings. The third kappa shape index (κ3) is 2.45. The van der Waals surface area contributed by atoms with Crippen LogP contribution in [0.5, 0.6) is 0 Å². The molecule has 0 saturated heterocycles. The Balaban J connectivity index is 2.43. The van der Waals surface area contributed by atoms with E-state index in [2.05, 4.69) is 14.9 Å². The van der Waals surface area contributed by atoms with Crippen molar-refractivity contribution in [1.82, 2.24) is 4.98 Å². The summed E-state index contributed by atoms with van der Waals surface area (Å²) < 4.78 is 4.42. The molecule has 0 N–H and O–H groups in total. The van der Waals surface area contributed by atoms with Gasteiger partial charge in [-0.05, 0) is 6.07 Å². The van der Waals surface area contributed by atoms with Gasteiger partial charge in [0.2, 0.25) is 0 Å². The maximum atomic E-state index is 10.3. The van der Waals surface area contributed by atoms with Gasteiger partial charge in [-0.1, -0.05) is 6.07 Å². The van der Waals surface area contributed by atoms with Gasteiger partial charge in [0.15, 0.2) is 0 Å². The summed E-state index contributed by atoms with van der Waals surface area (Å²) in [5.74, 6) is 0. The molecule has 1 aromatic heterocycles. The van der Waals surface area contributed by atoms with Gasteiger partial charge in [-0.3, -0.25) is 4.98 Å². The van der Waals surface area contributed by atoms with E-state index in [0.717, 1.165) is 5.56 Å². The lowest BCUT2D eigenvalue weighted by Gasteiger charge is -1.97. The van der Waals surface area contributed by atoms with Crippen LogP contribution in [0.15, 0.2) is 29.7 Å². The third-order valence-corrected chi connectivity index (χ3v) is 1.16. The van der Waals surface area contributed by atoms with E-state index in [4.69, 9.17) is 0 Å². The lowest BCUT2D eigenvalue weighted by atomic mass is 10.3. The molecule has 5 nitrogen and oxygen atoms in total. The molecule has 0 spiro atoms. The van der Waals surface area contributed by atoms with E-state index in [9.17, 15) is 9.70 Å². The standard InChI is InChI=1S/C7H6N2O3/c10-7(9-11)12-5-6-2-1-3-8-4-6/h1-4H,5H2. The van der Waals surface area contributed by atoms with Gasteiger partial charge in [-0.15, -0.1) is 4.91 Å². The number of pyridine rings is 1. The molecule has 0 aromatic carbocycles. The number of nitroso groups, excluding NO2 is 1. The van der Waals surface area contributed by atoms with Crippen LogP contribution in [0.3, 0.4) is 0 Å². The number of ether oxygens (including phenoxy) is 1. The molecule has 0 bridgehead atoms. The van der Waals surface area contributed by atoms with E-state index >= 15 is 0 Å². The first-order valence-corrected chi connectivity index (χ1v) is 3.22. The summed E-state index contributed by atoms with van der Waals surface area (Å²) in [4.78, 5) is 23.6. The molecular formula is C7H6N2O3. The van der Waals surface area contributed by atoms with Gasteiger partial charge in [0.25, 0.3) is 0 Å². The van der Waals surface area contributed by atoms with E-state index in [0.29, 0.717) is 0 Å². The fourth-order valence-corrected chi connectivity index (χ4v) is 0.655. The van der Waals surface area contributed by atoms with E-state index in [1.807, 2.05) is 0 Å². The van der Waals surface area contributed by atoms with Crippen molar-refractivity contribution in [3.8, 4) is 0 Å². The molecule has 1 amide bonds. The van der Waals surface area contributed by atoms with Crippen LogP contribution < -0.4 is 0 Å². The van der Waals surface area contributed by atoms with Crippen LogP contribution >= 0.6 is 0 Å². The Morgan fingerprint density at radius 2 is 2.50 bits per heavy atom. The van der Waals surface area contributed by atoms with Gasteiger partial charge < -0.3 is 4.74 Å². The molecular weight excluding hydrogens is 160 g/mol. The molecule has 0 saturated carbocycles. The first-order valence-electron chi connectivity index (χ1n) is 3.22. The zero-order valence-corrected chi connectivity index (χ0v) is 6.14. The van der Waals surface area contributed by atoms with E-state index < -0.39 is 6.09 Å². The highest BCUT2D eigenvalue weighted by Crippen LogP contribution is 1.98. The number of nitrogens with zero attached hydrogens (tertiary/aromatic N) is 2. The average Bonchev–Trinajstić information content (AvgIpc) is 2.16. The molecule has 5 heteroatoms. The zero-order chi connectivity index (χ0) is 8.81. The second kappa shape index (κ2) is 4.17. The minimum absolute atomic E-state index is 0.0262. The van der Waals surface area contributed by atoms with Crippen LogP contribution in [-0.2, 0) is 11.3 Å². The molecule has 1 heterocycles. The van der Waals surface area contributed by atoms with Crippen molar-refractivity contribution in [2.24, 2.45) is 5.18 Å². The van der Waals surface area contributed by atoms with Crippen molar-refractivity contribution in [2.75, 3.05) is 0 Å². The lowest BCUT2D eigenvalue weighted by Crippen LogP contribution is -1.97. The summed E-state index contributed by atoms with van der Waals surface area (Å²) in [6.07, 6.45) is 2.03. The van der Waals surface area contributed by atoms with Crippen molar-refractivity contribution in [1.29, 1.82) is 0 Å². The molecule has 0 atom stereocenters. The van der Waals surface area contributed by atoms with Crippen LogP contribution in [0.1, 0.15) is 5.56 Å². The molecule has 0 unspecified atom stereocenters. The number of rotatable bonds is 2. The van der Waals surface area contributed by atoms with Crippen molar-refractivity contribution in [3.05, 3.63) is 35.0 Å². The maximum absolute atomic E-state index is 10.3. The molecule has 0 aliphatic carbocycles. The smallest absolute Gasteiger partial charge is 0.441 e. The minimum atomic E-state index is -1.11. The third-order valence-electron chi connectivity index (χ3n) is 1.16. The quantitative estimate of drug-likeness (QED) is 0.624. The van der Waals surface area contributed by atoms with Gasteiger partial charge in [0.1, 0.15) is 6.61 Å². The van der Waals surface area contributed by atoms with Crippen LogP contribution in [0.4, 0.5) is 4.79 Å². The van der Waals surface area contributed by atoms with Crippen LogP contribution in [0.25, 0.3) is 0 Å². The number of carbonyl (C=O) groups is 1. The van der Waals surface area contributed by atoms with Crippen molar-refractivity contribution < 1.29 is 9.53 Å². The number of amides is 1. The first-order chi connectivity index (χ1) is 5.83. The lowest BCUT2D eigenvalue weighted by molar-refractivity contribution is 0.150. The van der Waals surface area contributed by atoms with Gasteiger partial charge in [-0.25, -0.2) is 4.79 Å². The van der Waals surface area contributed by atoms with Crippen molar-refractivity contribution in [2.45, 2.75) is 6.61 Å². The minimum Gasteiger partial charge on any atom is -0.441 e. The summed E-state index contributed by atoms with van der Waals surface area (Å²) >= 11 is 0. The van der Waals surface area contributed by atoms with Gasteiger partial charge in [0.05, 0.1) is 5.18 Å². The summed E-state index contributed by atoms with van der Waals surface area (Å²) in [6, 6.07) is 3.43. The molecule has 0 aliphatic rings. The van der Waals surface area contributed by atoms with Crippen LogP contribution in [0.2, 0.25) is 0 Å². The Morgan fingerprint density at radius 3 is 3.08 bits per heavy atom. The summed E-state index contributed by atoms with van der Waals surface area (Å²) in [5, 5.41) is 2.07. The normalized spacial score (nSPS) is 9.00. The summed E-state index contributed by atoms with van der Waals surface area (Å²) in [5.41, 5.74) is 0.717. The molecule has 1 rings (SSSR count). The Kier molecular flexibility index (Phi) is 2.89. The van der Waals surface area contributed by atoms with E-state index in [1.54, 1.807) is 18.3 Å². The Morgan fingerprint density at radius 1 is 1.67 bits per heavy atom. The maximum Gasteiger partial charge on any atom is 0.470 e. The van der Waals surface area contributed by atoms with Gasteiger partial charge in [-0.2, -0.15) is 0 Å². The highest BCUT2D eigenvalue weighted by molar-refractivity contribution is 5.67. The first kappa shape index (κ1) is 8.32. The Labute approximate surface area is 68.4 Å². The molecule has 12 heavy (non-hydrogen) atoms. The molecule has 0 aliphatic heterocycles. The van der Waals surface area contributed by atoms with Crippen LogP contribution in [0, 0.1) is 4.91 Å². The van der Waals surface area contributed by atoms with Crippen molar-refractivity contribution in [3.63, 3.8) is 0 Å². The highest BCUT2D eigenvalue weighted by atomic mass is 16.6. The van der Waals surface area contributed by atoms with E-state index in [-0.39, 0.29) is 6.61 Å². The van der Waals surface area contributed by atoms with Crippen LogP contribution in [-0.4, -0.2) is 11.1 Å². The molecule has 0 radical (unpaired) electrons. The van der Waals surface area contributed by atoms with Gasteiger partial charge in [0, 0.05) is 18.0 Å². The molecule has 0 fully saturated rings. The number of aromatic nitrogens is 1. The number of hydrogen-bond acceptors (Lipinski definition) is 4. The highest BCUT2D eigenvalue weighted by Gasteiger charge is 2.00. The summed E-state index contributed by atoms with van der Waals surface area (Å²) in [6.45, 7) is 0.0262. The zero-order valence-electron chi connectivity index (χ0n) is 6.14. The monoisotopic (exact) mass is 166 g/mol. The second-order valence-electron chi connectivity index (χ2n) is 2.01. The van der Waals surface area contributed by atoms with Gasteiger partial charge >= 0.3 is 6.09 Å². The van der Waals surface area contributed by atoms with Crippen molar-refractivity contribution >= 4 is 6.09 Å². The SMILES string of the molecule is O=NC(=O)OCc1cccnc1. The Hall–Kier alpha value is -1.78. The fourth-order valence-electron chi connectivity index (χ4n) is 0.655. The predicted octanol–water partition coefficient (Wildman–Crippen LogP) is 1.48. The topological polar surface area (TPSA) is 68.6 Å². The summed E-state index contributed by atoms with van der Waals surface area (Å²) in [7, 11) is 0. The number of hydrogen-bond donors (Lipinski definition) is 0. The Bertz CT molecular complexity index is 273. The average molecular weight is 166 g/mol. The molecule has 62 valence electrons. The fraction of sp³-hybridized carbons (Fsp3) is 0.143. The number of carbonyl (C=O) groups excluding carboxylic acids is 1. The second-order valence-corrected chi connectivity index (χ2v) is 2.01. The van der Waals surface area contributed by atoms with E-state index in [1.165, 1.54) is 6.20 Å².